The van der Waals surface area contributed by atoms with E-state index in [9.17, 15) is 9.67 Å². The van der Waals surface area contributed by atoms with Gasteiger partial charge >= 0.3 is 7.60 Å². The Balaban J connectivity index is 3.01. The number of benzene rings is 1. The summed E-state index contributed by atoms with van der Waals surface area (Å²) in [5.74, 6) is -0.964. The highest BCUT2D eigenvalue weighted by Crippen LogP contribution is 2.59. The summed E-state index contributed by atoms with van der Waals surface area (Å²) in [5.41, 5.74) is 1.33. The van der Waals surface area contributed by atoms with Crippen molar-refractivity contribution in [3.63, 3.8) is 0 Å². The molecule has 0 aromatic heterocycles. The first-order valence-electron chi connectivity index (χ1n) is 5.79. The molecule has 1 rings (SSSR count). The third-order valence-electron chi connectivity index (χ3n) is 2.32. The number of alkyl halides is 1. The van der Waals surface area contributed by atoms with E-state index in [1.54, 1.807) is 32.0 Å². The first-order valence-corrected chi connectivity index (χ1v) is 7.93. The molecule has 0 amide bonds. The molecule has 1 unspecified atom stereocenters. The fraction of sp³-hybridized carbons (Fsp3) is 0.500. The minimum atomic E-state index is -3.55. The molecule has 0 fully saturated rings. The third-order valence-corrected chi connectivity index (χ3v) is 4.76. The molecule has 0 saturated heterocycles. The summed E-state index contributed by atoms with van der Waals surface area (Å²) >= 11 is 5.73. The quantitative estimate of drug-likeness (QED) is 0.615. The van der Waals surface area contributed by atoms with Gasteiger partial charge < -0.3 is 14.2 Å². The van der Waals surface area contributed by atoms with Gasteiger partial charge in [-0.2, -0.15) is 0 Å². The third kappa shape index (κ3) is 3.81. The Morgan fingerprint density at radius 1 is 1.33 bits per heavy atom. The highest BCUT2D eigenvalue weighted by Gasteiger charge is 2.35. The maximum absolute atomic E-state index is 12.4. The van der Waals surface area contributed by atoms with Crippen LogP contribution in [0.4, 0.5) is 0 Å². The first kappa shape index (κ1) is 15.7. The van der Waals surface area contributed by atoms with Gasteiger partial charge in [0.2, 0.25) is 0 Å². The Hall–Kier alpha value is -0.380. The predicted octanol–water partition coefficient (Wildman–Crippen LogP) is 3.68. The molecule has 0 saturated carbocycles. The van der Waals surface area contributed by atoms with E-state index in [0.29, 0.717) is 11.4 Å². The summed E-state index contributed by atoms with van der Waals surface area (Å²) in [7, 11) is -3.55. The van der Waals surface area contributed by atoms with Gasteiger partial charge in [0.25, 0.3) is 0 Å². The second-order valence-corrected chi connectivity index (χ2v) is 5.98. The zero-order valence-corrected chi connectivity index (χ0v) is 12.2. The molecule has 0 bridgehead atoms. The molecule has 0 heterocycles. The Kier molecular flexibility index (Phi) is 6.33. The van der Waals surface area contributed by atoms with Gasteiger partial charge in [-0.05, 0) is 25.0 Å². The van der Waals surface area contributed by atoms with Gasteiger partial charge in [0.05, 0.1) is 13.2 Å². The van der Waals surface area contributed by atoms with Crippen LogP contribution in [0.3, 0.4) is 0 Å². The summed E-state index contributed by atoms with van der Waals surface area (Å²) in [6.45, 7) is 3.83. The molecule has 0 aliphatic heterocycles. The minimum absolute atomic E-state index is 0.212. The van der Waals surface area contributed by atoms with Gasteiger partial charge in [0, 0.05) is 5.88 Å². The number of rotatable bonds is 7. The van der Waals surface area contributed by atoms with Crippen LogP contribution in [0.15, 0.2) is 24.3 Å². The lowest BCUT2D eigenvalue weighted by Gasteiger charge is -2.22. The zero-order valence-electron chi connectivity index (χ0n) is 10.5. The largest absolute Gasteiger partial charge is 0.376 e. The van der Waals surface area contributed by atoms with Gasteiger partial charge in [0.15, 0.2) is 5.85 Å². The van der Waals surface area contributed by atoms with Gasteiger partial charge in [-0.3, -0.25) is 4.57 Å². The maximum Gasteiger partial charge on any atom is 0.363 e. The highest BCUT2D eigenvalue weighted by molar-refractivity contribution is 7.54. The minimum Gasteiger partial charge on any atom is -0.376 e. The monoisotopic (exact) mass is 292 g/mol. The van der Waals surface area contributed by atoms with Crippen LogP contribution in [0, 0.1) is 0 Å². The highest BCUT2D eigenvalue weighted by atomic mass is 35.5. The van der Waals surface area contributed by atoms with E-state index in [4.69, 9.17) is 20.6 Å². The summed E-state index contributed by atoms with van der Waals surface area (Å²) in [4.78, 5) is 0. The normalized spacial score (nSPS) is 13.6. The second kappa shape index (κ2) is 7.27. The molecule has 4 nitrogen and oxygen atoms in total. The Morgan fingerprint density at radius 3 is 2.44 bits per heavy atom. The van der Waals surface area contributed by atoms with E-state index in [-0.39, 0.29) is 13.2 Å². The van der Waals surface area contributed by atoms with Crippen molar-refractivity contribution in [2.75, 3.05) is 13.2 Å². The standard InChI is InChI=1S/C12H18ClO4P/c1-3-16-18(15,17-4-2)12(14)11-7-5-6-10(8-11)9-13/h5-8,12,14H,3-4,9H2,1-2H3. The lowest BCUT2D eigenvalue weighted by atomic mass is 10.1. The van der Waals surface area contributed by atoms with Crippen molar-refractivity contribution in [1.82, 2.24) is 0 Å². The molecule has 0 aliphatic carbocycles. The van der Waals surface area contributed by atoms with Gasteiger partial charge in [-0.25, -0.2) is 0 Å². The van der Waals surface area contributed by atoms with Gasteiger partial charge in [0.1, 0.15) is 0 Å². The molecular weight excluding hydrogens is 275 g/mol. The zero-order chi connectivity index (χ0) is 13.6. The summed E-state index contributed by atoms with van der Waals surface area (Å²) in [5, 5.41) is 10.2. The van der Waals surface area contributed by atoms with Crippen molar-refractivity contribution in [2.24, 2.45) is 0 Å². The van der Waals surface area contributed by atoms with E-state index >= 15 is 0 Å². The Bertz CT molecular complexity index is 414. The van der Waals surface area contributed by atoms with Crippen LogP contribution in [-0.2, 0) is 19.5 Å². The molecule has 6 heteroatoms. The molecule has 0 radical (unpaired) electrons. The average Bonchev–Trinajstić information content (AvgIpc) is 2.38. The van der Waals surface area contributed by atoms with Crippen molar-refractivity contribution in [2.45, 2.75) is 25.6 Å². The summed E-state index contributed by atoms with van der Waals surface area (Å²) in [6, 6.07) is 6.95. The van der Waals surface area contributed by atoms with Gasteiger partial charge in [-0.1, -0.05) is 24.3 Å². The van der Waals surface area contributed by atoms with E-state index in [2.05, 4.69) is 0 Å². The summed E-state index contributed by atoms with van der Waals surface area (Å²) < 4.78 is 22.6. The molecule has 18 heavy (non-hydrogen) atoms. The van der Waals surface area contributed by atoms with E-state index in [1.165, 1.54) is 0 Å². The van der Waals surface area contributed by atoms with Crippen molar-refractivity contribution in [1.29, 1.82) is 0 Å². The second-order valence-electron chi connectivity index (χ2n) is 3.63. The van der Waals surface area contributed by atoms with Crippen molar-refractivity contribution >= 4 is 19.2 Å². The van der Waals surface area contributed by atoms with Crippen LogP contribution in [0.5, 0.6) is 0 Å². The molecule has 1 aromatic rings. The topological polar surface area (TPSA) is 55.8 Å². The van der Waals surface area contributed by atoms with Crippen molar-refractivity contribution in [3.8, 4) is 0 Å². The molecule has 0 aliphatic rings. The van der Waals surface area contributed by atoms with Crippen molar-refractivity contribution < 1.29 is 18.7 Å². The number of aliphatic hydroxyl groups excluding tert-OH is 1. The summed E-state index contributed by atoms with van der Waals surface area (Å²) in [6.07, 6.45) is 0. The molecular formula is C12H18ClO4P. The lowest BCUT2D eigenvalue weighted by molar-refractivity contribution is 0.150. The number of halogens is 1. The number of hydrogen-bond donors (Lipinski definition) is 1. The smallest absolute Gasteiger partial charge is 0.363 e. The molecule has 0 spiro atoms. The fourth-order valence-corrected chi connectivity index (χ4v) is 3.33. The average molecular weight is 293 g/mol. The fourth-order valence-electron chi connectivity index (χ4n) is 1.56. The SMILES string of the molecule is CCOP(=O)(OCC)C(O)c1cccc(CCl)c1. The van der Waals surface area contributed by atoms with Crippen LogP contribution >= 0.6 is 19.2 Å². The van der Waals surface area contributed by atoms with Gasteiger partial charge in [-0.15, -0.1) is 11.6 Å². The predicted molar refractivity (Wildman–Crippen MR) is 71.8 cm³/mol. The van der Waals surface area contributed by atoms with Crippen LogP contribution < -0.4 is 0 Å². The number of hydrogen-bond acceptors (Lipinski definition) is 4. The van der Waals surface area contributed by atoms with Crippen LogP contribution in [-0.4, -0.2) is 18.3 Å². The lowest BCUT2D eigenvalue weighted by Crippen LogP contribution is -2.06. The number of aliphatic hydroxyl groups is 1. The molecule has 1 N–H and O–H groups in total. The van der Waals surface area contributed by atoms with Crippen LogP contribution in [0.2, 0.25) is 0 Å². The molecule has 102 valence electrons. The maximum atomic E-state index is 12.4. The van der Waals surface area contributed by atoms with E-state index in [0.717, 1.165) is 5.56 Å². The van der Waals surface area contributed by atoms with E-state index < -0.39 is 13.4 Å². The molecule has 1 aromatic carbocycles. The first-order chi connectivity index (χ1) is 8.57. The Morgan fingerprint density at radius 2 is 1.94 bits per heavy atom. The van der Waals surface area contributed by atoms with Crippen LogP contribution in [0.1, 0.15) is 30.8 Å². The Labute approximate surface area is 112 Å². The van der Waals surface area contributed by atoms with Crippen molar-refractivity contribution in [3.05, 3.63) is 35.4 Å². The van der Waals surface area contributed by atoms with E-state index in [1.807, 2.05) is 6.07 Å². The molecule has 1 atom stereocenters. The van der Waals surface area contributed by atoms with Crippen LogP contribution in [0.25, 0.3) is 0 Å².